The highest BCUT2D eigenvalue weighted by Crippen LogP contribution is 2.26. The second kappa shape index (κ2) is 6.55. The van der Waals surface area contributed by atoms with Crippen molar-refractivity contribution >= 4 is 11.8 Å². The van der Waals surface area contributed by atoms with Crippen LogP contribution in [0.1, 0.15) is 30.9 Å². The van der Waals surface area contributed by atoms with Gasteiger partial charge in [-0.1, -0.05) is 29.8 Å². The van der Waals surface area contributed by atoms with Crippen LogP contribution in [0.4, 0.5) is 0 Å². The summed E-state index contributed by atoms with van der Waals surface area (Å²) in [6.45, 7) is 4.75. The van der Waals surface area contributed by atoms with E-state index in [1.165, 1.54) is 5.56 Å². The quantitative estimate of drug-likeness (QED) is 0.857. The van der Waals surface area contributed by atoms with Gasteiger partial charge in [-0.05, 0) is 25.3 Å². The van der Waals surface area contributed by atoms with Gasteiger partial charge in [-0.3, -0.25) is 9.59 Å². The van der Waals surface area contributed by atoms with E-state index in [1.54, 1.807) is 6.92 Å². The van der Waals surface area contributed by atoms with Crippen LogP contribution >= 0.6 is 0 Å². The number of carbonyl (C=O) groups is 2. The van der Waals surface area contributed by atoms with Gasteiger partial charge in [0.25, 0.3) is 0 Å². The lowest BCUT2D eigenvalue weighted by molar-refractivity contribution is -0.130. The Balaban J connectivity index is 1.72. The molecule has 108 valence electrons. The van der Waals surface area contributed by atoms with Crippen molar-refractivity contribution in [3.05, 3.63) is 35.4 Å². The van der Waals surface area contributed by atoms with Crippen molar-refractivity contribution in [2.45, 2.75) is 39.2 Å². The Kier molecular flexibility index (Phi) is 4.77. The Morgan fingerprint density at radius 2 is 1.90 bits per heavy atom. The second-order valence-corrected chi connectivity index (χ2v) is 5.46. The van der Waals surface area contributed by atoms with E-state index in [1.807, 2.05) is 36.1 Å². The zero-order valence-electron chi connectivity index (χ0n) is 12.2. The molecule has 1 fully saturated rings. The van der Waals surface area contributed by atoms with Gasteiger partial charge in [-0.2, -0.15) is 0 Å². The molecule has 1 aromatic carbocycles. The summed E-state index contributed by atoms with van der Waals surface area (Å²) >= 11 is 0. The van der Waals surface area contributed by atoms with Crippen LogP contribution in [0, 0.1) is 6.92 Å². The van der Waals surface area contributed by atoms with Crippen molar-refractivity contribution in [1.82, 2.24) is 10.2 Å². The molecule has 1 aromatic rings. The largest absolute Gasteiger partial charge is 0.354 e. The van der Waals surface area contributed by atoms with Gasteiger partial charge in [-0.15, -0.1) is 0 Å². The van der Waals surface area contributed by atoms with Crippen LogP contribution in [0.2, 0.25) is 0 Å². The molecule has 0 unspecified atom stereocenters. The molecule has 0 radical (unpaired) electrons. The fraction of sp³-hybridized carbons (Fsp3) is 0.500. The number of benzene rings is 1. The molecule has 4 heteroatoms. The SMILES string of the molecule is CC(=O)N(CCNC(=O)Cc1ccc(C)cc1)C1CC1. The average molecular weight is 274 g/mol. The third-order valence-electron chi connectivity index (χ3n) is 3.55. The summed E-state index contributed by atoms with van der Waals surface area (Å²) in [5.74, 6) is 0.105. The highest BCUT2D eigenvalue weighted by molar-refractivity contribution is 5.78. The van der Waals surface area contributed by atoms with Crippen molar-refractivity contribution < 1.29 is 9.59 Å². The van der Waals surface area contributed by atoms with Gasteiger partial charge in [0, 0.05) is 26.1 Å². The van der Waals surface area contributed by atoms with Gasteiger partial charge in [-0.25, -0.2) is 0 Å². The summed E-state index contributed by atoms with van der Waals surface area (Å²) in [5.41, 5.74) is 2.20. The van der Waals surface area contributed by atoms with Crippen molar-refractivity contribution in [1.29, 1.82) is 0 Å². The smallest absolute Gasteiger partial charge is 0.224 e. The summed E-state index contributed by atoms with van der Waals surface area (Å²) in [4.78, 5) is 25.1. The van der Waals surface area contributed by atoms with Crippen LogP contribution in [0.15, 0.2) is 24.3 Å². The summed E-state index contributed by atoms with van der Waals surface area (Å²) in [5, 5.41) is 2.88. The van der Waals surface area contributed by atoms with Crippen LogP contribution in [-0.2, 0) is 16.0 Å². The van der Waals surface area contributed by atoms with E-state index < -0.39 is 0 Å². The number of hydrogen-bond donors (Lipinski definition) is 1. The van der Waals surface area contributed by atoms with Crippen molar-refractivity contribution in [2.75, 3.05) is 13.1 Å². The number of nitrogens with zero attached hydrogens (tertiary/aromatic N) is 1. The van der Waals surface area contributed by atoms with Gasteiger partial charge in [0.2, 0.25) is 11.8 Å². The van der Waals surface area contributed by atoms with E-state index in [0.717, 1.165) is 18.4 Å². The van der Waals surface area contributed by atoms with Gasteiger partial charge in [0.15, 0.2) is 0 Å². The average Bonchev–Trinajstić information content (AvgIpc) is 3.21. The first-order valence-electron chi connectivity index (χ1n) is 7.15. The maximum atomic E-state index is 11.8. The first-order chi connectivity index (χ1) is 9.56. The van der Waals surface area contributed by atoms with E-state index in [-0.39, 0.29) is 11.8 Å². The third kappa shape index (κ3) is 4.37. The number of carbonyl (C=O) groups excluding carboxylic acids is 2. The first-order valence-corrected chi connectivity index (χ1v) is 7.15. The molecule has 1 aliphatic rings. The maximum absolute atomic E-state index is 11.8. The van der Waals surface area contributed by atoms with E-state index in [9.17, 15) is 9.59 Å². The molecule has 0 heterocycles. The molecule has 0 aliphatic heterocycles. The Hall–Kier alpha value is -1.84. The normalized spacial score (nSPS) is 13.9. The van der Waals surface area contributed by atoms with Crippen LogP contribution in [0.5, 0.6) is 0 Å². The van der Waals surface area contributed by atoms with Crippen LogP contribution < -0.4 is 5.32 Å². The molecule has 1 saturated carbocycles. The molecule has 0 bridgehead atoms. The van der Waals surface area contributed by atoms with Gasteiger partial charge in [0.1, 0.15) is 0 Å². The zero-order chi connectivity index (χ0) is 14.5. The van der Waals surface area contributed by atoms with Crippen molar-refractivity contribution in [3.8, 4) is 0 Å². The molecule has 2 rings (SSSR count). The van der Waals surface area contributed by atoms with Gasteiger partial charge < -0.3 is 10.2 Å². The second-order valence-electron chi connectivity index (χ2n) is 5.46. The molecule has 4 nitrogen and oxygen atoms in total. The van der Waals surface area contributed by atoms with E-state index in [4.69, 9.17) is 0 Å². The number of aryl methyl sites for hydroxylation is 1. The number of rotatable bonds is 6. The Labute approximate surface area is 120 Å². The number of amides is 2. The third-order valence-corrected chi connectivity index (χ3v) is 3.55. The van der Waals surface area contributed by atoms with Crippen molar-refractivity contribution in [3.63, 3.8) is 0 Å². The zero-order valence-corrected chi connectivity index (χ0v) is 12.2. The summed E-state index contributed by atoms with van der Waals surface area (Å²) < 4.78 is 0. The Morgan fingerprint density at radius 3 is 2.45 bits per heavy atom. The van der Waals surface area contributed by atoms with Crippen LogP contribution in [0.25, 0.3) is 0 Å². The molecule has 1 N–H and O–H groups in total. The molecular weight excluding hydrogens is 252 g/mol. The molecule has 0 atom stereocenters. The van der Waals surface area contributed by atoms with Gasteiger partial charge >= 0.3 is 0 Å². The molecule has 0 spiro atoms. The van der Waals surface area contributed by atoms with E-state index in [2.05, 4.69) is 5.32 Å². The fourth-order valence-corrected chi connectivity index (χ4v) is 2.25. The minimum atomic E-state index is 0.00755. The predicted octanol–water partition coefficient (Wildman–Crippen LogP) is 1.66. The predicted molar refractivity (Wildman–Crippen MR) is 78.3 cm³/mol. The molecular formula is C16H22N2O2. The lowest BCUT2D eigenvalue weighted by Crippen LogP contribution is -2.39. The van der Waals surface area contributed by atoms with Gasteiger partial charge in [0.05, 0.1) is 6.42 Å². The Morgan fingerprint density at radius 1 is 1.25 bits per heavy atom. The minimum absolute atomic E-state index is 0.00755. The number of hydrogen-bond acceptors (Lipinski definition) is 2. The molecule has 0 aromatic heterocycles. The summed E-state index contributed by atoms with van der Waals surface area (Å²) in [6.07, 6.45) is 2.58. The highest BCUT2D eigenvalue weighted by atomic mass is 16.2. The topological polar surface area (TPSA) is 49.4 Å². The maximum Gasteiger partial charge on any atom is 0.224 e. The standard InChI is InChI=1S/C16H22N2O2/c1-12-3-5-14(6-4-12)11-16(20)17-9-10-18(13(2)19)15-7-8-15/h3-6,15H,7-11H2,1-2H3,(H,17,20). The number of nitrogens with one attached hydrogen (secondary N) is 1. The minimum Gasteiger partial charge on any atom is -0.354 e. The fourth-order valence-electron chi connectivity index (χ4n) is 2.25. The lowest BCUT2D eigenvalue weighted by atomic mass is 10.1. The monoisotopic (exact) mass is 274 g/mol. The van der Waals surface area contributed by atoms with Crippen LogP contribution in [0.3, 0.4) is 0 Å². The molecule has 2 amide bonds. The van der Waals surface area contributed by atoms with Crippen molar-refractivity contribution in [2.24, 2.45) is 0 Å². The highest BCUT2D eigenvalue weighted by Gasteiger charge is 2.30. The molecule has 20 heavy (non-hydrogen) atoms. The lowest BCUT2D eigenvalue weighted by Gasteiger charge is -2.20. The summed E-state index contributed by atoms with van der Waals surface area (Å²) in [6, 6.07) is 8.36. The van der Waals surface area contributed by atoms with E-state index in [0.29, 0.717) is 25.6 Å². The first kappa shape index (κ1) is 14.6. The Bertz CT molecular complexity index is 478. The van der Waals surface area contributed by atoms with E-state index >= 15 is 0 Å². The molecule has 1 aliphatic carbocycles. The van der Waals surface area contributed by atoms with Crippen LogP contribution in [-0.4, -0.2) is 35.8 Å². The molecule has 0 saturated heterocycles. The summed E-state index contributed by atoms with van der Waals surface area (Å²) in [7, 11) is 0.